The van der Waals surface area contributed by atoms with Crippen molar-refractivity contribution in [2.45, 2.75) is 6.92 Å². The number of ether oxygens (including phenoxy) is 2. The minimum Gasteiger partial charge on any atom is -0.454 e. The second-order valence-electron chi connectivity index (χ2n) is 5.17. The van der Waals surface area contributed by atoms with Crippen LogP contribution in [0, 0.1) is 6.92 Å². The molecule has 2 aromatic heterocycles. The molecular formula is C16H11ClN4O3S. The Morgan fingerprint density at radius 2 is 2.12 bits per heavy atom. The maximum atomic E-state index is 12.3. The van der Waals surface area contributed by atoms with Gasteiger partial charge in [-0.1, -0.05) is 11.6 Å². The molecule has 1 amide bonds. The minimum absolute atomic E-state index is 0.119. The van der Waals surface area contributed by atoms with Gasteiger partial charge in [-0.3, -0.25) is 10.1 Å². The molecule has 0 unspecified atom stereocenters. The van der Waals surface area contributed by atoms with Crippen LogP contribution >= 0.6 is 22.9 Å². The molecule has 25 heavy (non-hydrogen) atoms. The Balaban J connectivity index is 1.55. The number of aryl methyl sites for hydroxylation is 1. The van der Waals surface area contributed by atoms with Crippen molar-refractivity contribution in [1.29, 1.82) is 0 Å². The SMILES string of the molecule is Cc1ncc(Cl)c(C(=O)Nc2nc(-c3ccc4c(c3)OCO4)cs2)n1. The molecule has 1 aromatic carbocycles. The van der Waals surface area contributed by atoms with Crippen LogP contribution in [0.25, 0.3) is 11.3 Å². The Morgan fingerprint density at radius 3 is 3.00 bits per heavy atom. The summed E-state index contributed by atoms with van der Waals surface area (Å²) in [7, 11) is 0. The summed E-state index contributed by atoms with van der Waals surface area (Å²) in [4.78, 5) is 24.8. The zero-order valence-electron chi connectivity index (χ0n) is 12.9. The Morgan fingerprint density at radius 1 is 1.28 bits per heavy atom. The largest absolute Gasteiger partial charge is 0.454 e. The number of carbonyl (C=O) groups excluding carboxylic acids is 1. The predicted molar refractivity (Wildman–Crippen MR) is 93.4 cm³/mol. The van der Waals surface area contributed by atoms with E-state index < -0.39 is 5.91 Å². The van der Waals surface area contributed by atoms with Crippen LogP contribution in [0.1, 0.15) is 16.3 Å². The quantitative estimate of drug-likeness (QED) is 0.754. The van der Waals surface area contributed by atoms with E-state index in [1.165, 1.54) is 17.5 Å². The van der Waals surface area contributed by atoms with Crippen LogP contribution in [0.15, 0.2) is 29.8 Å². The fourth-order valence-electron chi connectivity index (χ4n) is 2.29. The third-order valence-electron chi connectivity index (χ3n) is 3.47. The number of anilines is 1. The second kappa shape index (κ2) is 6.30. The molecule has 0 fully saturated rings. The van der Waals surface area contributed by atoms with Crippen molar-refractivity contribution in [1.82, 2.24) is 15.0 Å². The molecule has 0 aliphatic carbocycles. The number of benzene rings is 1. The molecule has 0 radical (unpaired) electrons. The lowest BCUT2D eigenvalue weighted by molar-refractivity contribution is 0.102. The zero-order valence-corrected chi connectivity index (χ0v) is 14.5. The van der Waals surface area contributed by atoms with Gasteiger partial charge in [0.2, 0.25) is 6.79 Å². The summed E-state index contributed by atoms with van der Waals surface area (Å²) in [6.45, 7) is 1.91. The highest BCUT2D eigenvalue weighted by Gasteiger charge is 2.17. The van der Waals surface area contributed by atoms with Crippen molar-refractivity contribution in [2.75, 3.05) is 12.1 Å². The number of nitrogens with zero attached hydrogens (tertiary/aromatic N) is 3. The lowest BCUT2D eigenvalue weighted by Gasteiger charge is -2.03. The summed E-state index contributed by atoms with van der Waals surface area (Å²) < 4.78 is 10.7. The number of aromatic nitrogens is 3. The van der Waals surface area contributed by atoms with Crippen molar-refractivity contribution >= 4 is 34.0 Å². The maximum Gasteiger partial charge on any atom is 0.277 e. The standard InChI is InChI=1S/C16H11ClN4O3S/c1-8-18-5-10(17)14(19-8)15(22)21-16-20-11(6-25-16)9-2-3-12-13(4-9)24-7-23-12/h2-6H,7H2,1H3,(H,20,21,22). The number of fused-ring (bicyclic) bond motifs is 1. The first kappa shape index (κ1) is 15.8. The predicted octanol–water partition coefficient (Wildman–Crippen LogP) is 3.54. The molecule has 0 atom stereocenters. The third-order valence-corrected chi connectivity index (χ3v) is 4.51. The minimum atomic E-state index is -0.429. The Hall–Kier alpha value is -2.71. The Bertz CT molecular complexity index is 976. The molecule has 4 rings (SSSR count). The first-order valence-corrected chi connectivity index (χ1v) is 8.52. The first-order valence-electron chi connectivity index (χ1n) is 7.26. The van der Waals surface area contributed by atoms with Gasteiger partial charge in [-0.05, 0) is 25.1 Å². The Labute approximate surface area is 151 Å². The van der Waals surface area contributed by atoms with Crippen LogP contribution in [0.2, 0.25) is 5.02 Å². The normalized spacial score (nSPS) is 12.2. The van der Waals surface area contributed by atoms with Crippen molar-refractivity contribution < 1.29 is 14.3 Å². The number of halogens is 1. The van der Waals surface area contributed by atoms with Gasteiger partial charge in [0, 0.05) is 10.9 Å². The van der Waals surface area contributed by atoms with E-state index in [9.17, 15) is 4.79 Å². The molecule has 1 aliphatic rings. The molecule has 1 N–H and O–H groups in total. The summed E-state index contributed by atoms with van der Waals surface area (Å²) >= 11 is 7.29. The number of rotatable bonds is 3. The summed E-state index contributed by atoms with van der Waals surface area (Å²) in [6.07, 6.45) is 1.40. The monoisotopic (exact) mass is 374 g/mol. The van der Waals surface area contributed by atoms with Crippen molar-refractivity contribution in [2.24, 2.45) is 0 Å². The van der Waals surface area contributed by atoms with Crippen LogP contribution in [0.4, 0.5) is 5.13 Å². The maximum absolute atomic E-state index is 12.3. The summed E-state index contributed by atoms with van der Waals surface area (Å²) in [6, 6.07) is 5.57. The first-order chi connectivity index (χ1) is 12.1. The van der Waals surface area contributed by atoms with Crippen LogP contribution in [-0.2, 0) is 0 Å². The zero-order chi connectivity index (χ0) is 17.4. The summed E-state index contributed by atoms with van der Waals surface area (Å²) in [5, 5.41) is 5.19. The summed E-state index contributed by atoms with van der Waals surface area (Å²) in [5.74, 6) is 1.43. The van der Waals surface area contributed by atoms with Crippen LogP contribution in [0.3, 0.4) is 0 Å². The molecule has 9 heteroatoms. The molecule has 1 aliphatic heterocycles. The fourth-order valence-corrected chi connectivity index (χ4v) is 3.18. The highest BCUT2D eigenvalue weighted by Crippen LogP contribution is 2.36. The average molecular weight is 375 g/mol. The van der Waals surface area contributed by atoms with Gasteiger partial charge in [-0.2, -0.15) is 0 Å². The fraction of sp³-hybridized carbons (Fsp3) is 0.125. The molecule has 126 valence electrons. The smallest absolute Gasteiger partial charge is 0.277 e. The molecule has 0 spiro atoms. The van der Waals surface area contributed by atoms with Crippen LogP contribution in [-0.4, -0.2) is 27.7 Å². The van der Waals surface area contributed by atoms with Gasteiger partial charge in [0.25, 0.3) is 5.91 Å². The highest BCUT2D eigenvalue weighted by molar-refractivity contribution is 7.14. The number of nitrogens with one attached hydrogen (secondary N) is 1. The topological polar surface area (TPSA) is 86.2 Å². The highest BCUT2D eigenvalue weighted by atomic mass is 35.5. The number of amides is 1. The van der Waals surface area contributed by atoms with Gasteiger partial charge in [0.1, 0.15) is 5.82 Å². The van der Waals surface area contributed by atoms with E-state index in [0.717, 1.165) is 11.3 Å². The van der Waals surface area contributed by atoms with E-state index in [1.807, 2.05) is 23.6 Å². The van der Waals surface area contributed by atoms with E-state index in [0.29, 0.717) is 22.5 Å². The van der Waals surface area contributed by atoms with Crippen LogP contribution < -0.4 is 14.8 Å². The van der Waals surface area contributed by atoms with Crippen molar-refractivity contribution in [3.05, 3.63) is 46.3 Å². The molecule has 3 aromatic rings. The molecule has 0 saturated heterocycles. The molecule has 7 nitrogen and oxygen atoms in total. The number of hydrogen-bond donors (Lipinski definition) is 1. The molecular weight excluding hydrogens is 364 g/mol. The number of hydrogen-bond acceptors (Lipinski definition) is 7. The van der Waals surface area contributed by atoms with Gasteiger partial charge >= 0.3 is 0 Å². The third kappa shape index (κ3) is 3.13. The molecule has 0 bridgehead atoms. The molecule has 0 saturated carbocycles. The van der Waals surface area contributed by atoms with Gasteiger partial charge < -0.3 is 9.47 Å². The van der Waals surface area contributed by atoms with E-state index >= 15 is 0 Å². The van der Waals surface area contributed by atoms with E-state index in [2.05, 4.69) is 20.3 Å². The van der Waals surface area contributed by atoms with Gasteiger partial charge in [-0.25, -0.2) is 15.0 Å². The lowest BCUT2D eigenvalue weighted by Crippen LogP contribution is -2.15. The van der Waals surface area contributed by atoms with Crippen molar-refractivity contribution in [3.63, 3.8) is 0 Å². The van der Waals surface area contributed by atoms with E-state index in [4.69, 9.17) is 21.1 Å². The lowest BCUT2D eigenvalue weighted by atomic mass is 10.1. The molecule has 3 heterocycles. The van der Waals surface area contributed by atoms with Crippen molar-refractivity contribution in [3.8, 4) is 22.8 Å². The van der Waals surface area contributed by atoms with Gasteiger partial charge in [0.15, 0.2) is 22.3 Å². The summed E-state index contributed by atoms with van der Waals surface area (Å²) in [5.41, 5.74) is 1.72. The van der Waals surface area contributed by atoms with E-state index in [-0.39, 0.29) is 17.5 Å². The Kier molecular flexibility index (Phi) is 3.98. The number of carbonyl (C=O) groups is 1. The number of thiazole rings is 1. The van der Waals surface area contributed by atoms with Gasteiger partial charge in [-0.15, -0.1) is 11.3 Å². The van der Waals surface area contributed by atoms with Crippen LogP contribution in [0.5, 0.6) is 11.5 Å². The van der Waals surface area contributed by atoms with E-state index in [1.54, 1.807) is 6.92 Å². The second-order valence-corrected chi connectivity index (χ2v) is 6.44. The average Bonchev–Trinajstić information content (AvgIpc) is 3.25. The van der Waals surface area contributed by atoms with Gasteiger partial charge in [0.05, 0.1) is 16.9 Å².